The summed E-state index contributed by atoms with van der Waals surface area (Å²) in [7, 11) is 0. The zero-order valence-electron chi connectivity index (χ0n) is 11.1. The monoisotopic (exact) mass is 235 g/mol. The minimum atomic E-state index is 0.393. The predicted molar refractivity (Wildman–Crippen MR) is 70.7 cm³/mol. The molecule has 0 amide bonds. The summed E-state index contributed by atoms with van der Waals surface area (Å²) in [5, 5.41) is 3.66. The van der Waals surface area contributed by atoms with Crippen molar-refractivity contribution in [3.8, 4) is 0 Å². The molecule has 0 bridgehead atoms. The van der Waals surface area contributed by atoms with E-state index in [-0.39, 0.29) is 0 Å². The van der Waals surface area contributed by atoms with E-state index in [1.54, 1.807) is 0 Å². The molecule has 1 atom stereocenters. The van der Waals surface area contributed by atoms with Crippen molar-refractivity contribution in [3.63, 3.8) is 0 Å². The van der Waals surface area contributed by atoms with Crippen LogP contribution in [0.2, 0.25) is 0 Å². The summed E-state index contributed by atoms with van der Waals surface area (Å²) in [6.45, 7) is 5.73. The van der Waals surface area contributed by atoms with Crippen molar-refractivity contribution in [3.05, 3.63) is 18.2 Å². The van der Waals surface area contributed by atoms with Crippen molar-refractivity contribution < 1.29 is 0 Å². The summed E-state index contributed by atoms with van der Waals surface area (Å²) in [5.74, 6) is 2.89. The minimum absolute atomic E-state index is 0.393. The molecule has 1 unspecified atom stereocenters. The second kappa shape index (κ2) is 6.20. The Bertz CT molecular complexity index is 299. The first kappa shape index (κ1) is 12.6. The molecule has 1 aromatic rings. The highest BCUT2D eigenvalue weighted by molar-refractivity contribution is 4.95. The van der Waals surface area contributed by atoms with Crippen molar-refractivity contribution in [1.82, 2.24) is 15.3 Å². The highest BCUT2D eigenvalue weighted by atomic mass is 15.0. The average molecular weight is 235 g/mol. The Hall–Kier alpha value is -0.830. The quantitative estimate of drug-likeness (QED) is 0.822. The van der Waals surface area contributed by atoms with Crippen LogP contribution in [0.5, 0.6) is 0 Å². The molecule has 17 heavy (non-hydrogen) atoms. The van der Waals surface area contributed by atoms with Crippen LogP contribution in [0.3, 0.4) is 0 Å². The molecule has 96 valence electrons. The van der Waals surface area contributed by atoms with E-state index in [1.165, 1.54) is 25.7 Å². The van der Waals surface area contributed by atoms with Crippen LogP contribution in [0.15, 0.2) is 12.4 Å². The maximum atomic E-state index is 4.35. The molecule has 0 saturated heterocycles. The van der Waals surface area contributed by atoms with E-state index in [0.717, 1.165) is 30.6 Å². The smallest absolute Gasteiger partial charge is 0.123 e. The Balaban J connectivity index is 1.76. The van der Waals surface area contributed by atoms with Crippen LogP contribution in [-0.4, -0.2) is 16.5 Å². The van der Waals surface area contributed by atoms with Gasteiger partial charge in [0.05, 0.1) is 6.04 Å². The molecule has 0 aromatic carbocycles. The minimum Gasteiger partial charge on any atom is -0.347 e. The number of imidazole rings is 1. The Morgan fingerprint density at radius 3 is 2.76 bits per heavy atom. The second-order valence-corrected chi connectivity index (χ2v) is 5.47. The highest BCUT2D eigenvalue weighted by Gasteiger charge is 2.19. The number of nitrogens with one attached hydrogen (secondary N) is 2. The van der Waals surface area contributed by atoms with E-state index in [4.69, 9.17) is 0 Å². The number of H-pyrrole nitrogens is 1. The average Bonchev–Trinajstić information content (AvgIpc) is 2.86. The van der Waals surface area contributed by atoms with E-state index in [0.29, 0.717) is 6.04 Å². The third kappa shape index (κ3) is 3.56. The first-order chi connectivity index (χ1) is 8.29. The lowest BCUT2D eigenvalue weighted by Gasteiger charge is -2.27. The van der Waals surface area contributed by atoms with Gasteiger partial charge < -0.3 is 10.3 Å². The summed E-state index contributed by atoms with van der Waals surface area (Å²) in [6, 6.07) is 0.393. The Labute approximate surface area is 104 Å². The lowest BCUT2D eigenvalue weighted by Crippen LogP contribution is -2.29. The maximum Gasteiger partial charge on any atom is 0.123 e. The van der Waals surface area contributed by atoms with Crippen molar-refractivity contribution in [1.29, 1.82) is 0 Å². The van der Waals surface area contributed by atoms with Crippen LogP contribution in [-0.2, 0) is 0 Å². The summed E-state index contributed by atoms with van der Waals surface area (Å²) in [4.78, 5) is 7.55. The fourth-order valence-corrected chi connectivity index (χ4v) is 2.74. The van der Waals surface area contributed by atoms with Gasteiger partial charge in [-0.2, -0.15) is 0 Å². The second-order valence-electron chi connectivity index (χ2n) is 5.47. The van der Waals surface area contributed by atoms with Crippen molar-refractivity contribution in [2.45, 2.75) is 52.0 Å². The van der Waals surface area contributed by atoms with Crippen LogP contribution in [0.25, 0.3) is 0 Å². The van der Waals surface area contributed by atoms with Crippen molar-refractivity contribution in [2.75, 3.05) is 6.54 Å². The van der Waals surface area contributed by atoms with Gasteiger partial charge in [-0.1, -0.05) is 26.7 Å². The molecule has 1 fully saturated rings. The molecule has 1 aliphatic carbocycles. The van der Waals surface area contributed by atoms with Crippen LogP contribution in [0, 0.1) is 11.8 Å². The summed E-state index contributed by atoms with van der Waals surface area (Å²) < 4.78 is 0. The molecule has 2 N–H and O–H groups in total. The Morgan fingerprint density at radius 2 is 2.18 bits per heavy atom. The topological polar surface area (TPSA) is 40.7 Å². The molecule has 3 heteroatoms. The van der Waals surface area contributed by atoms with Crippen LogP contribution in [0.1, 0.15) is 57.8 Å². The van der Waals surface area contributed by atoms with Gasteiger partial charge in [-0.15, -0.1) is 0 Å². The highest BCUT2D eigenvalue weighted by Crippen LogP contribution is 2.28. The van der Waals surface area contributed by atoms with Gasteiger partial charge in [0, 0.05) is 12.4 Å². The molecule has 1 heterocycles. The fraction of sp³-hybridized carbons (Fsp3) is 0.786. The third-order valence-corrected chi connectivity index (χ3v) is 4.05. The molecule has 0 spiro atoms. The van der Waals surface area contributed by atoms with Crippen LogP contribution >= 0.6 is 0 Å². The van der Waals surface area contributed by atoms with Crippen LogP contribution < -0.4 is 5.32 Å². The molecule has 1 saturated carbocycles. The van der Waals surface area contributed by atoms with Gasteiger partial charge in [0.15, 0.2) is 0 Å². The normalized spacial score (nSPS) is 26.9. The molecular weight excluding hydrogens is 210 g/mol. The fourth-order valence-electron chi connectivity index (χ4n) is 2.74. The van der Waals surface area contributed by atoms with Crippen molar-refractivity contribution >= 4 is 0 Å². The number of nitrogens with zero attached hydrogens (tertiary/aromatic N) is 1. The first-order valence-corrected chi connectivity index (χ1v) is 7.02. The van der Waals surface area contributed by atoms with Gasteiger partial charge in [-0.25, -0.2) is 4.98 Å². The van der Waals surface area contributed by atoms with Gasteiger partial charge in [0.25, 0.3) is 0 Å². The molecule has 0 radical (unpaired) electrons. The summed E-state index contributed by atoms with van der Waals surface area (Å²) in [6.07, 6.45) is 10.4. The number of aromatic nitrogens is 2. The van der Waals surface area contributed by atoms with Gasteiger partial charge >= 0.3 is 0 Å². The number of hydrogen-bond donors (Lipinski definition) is 2. The Morgan fingerprint density at radius 1 is 1.41 bits per heavy atom. The van der Waals surface area contributed by atoms with Gasteiger partial charge in [-0.05, 0) is 37.6 Å². The molecule has 1 aliphatic rings. The summed E-state index contributed by atoms with van der Waals surface area (Å²) >= 11 is 0. The van der Waals surface area contributed by atoms with Gasteiger partial charge in [-0.3, -0.25) is 0 Å². The standard InChI is InChI=1S/C14H25N3/c1-3-13(14-15-8-9-16-14)17-10-12-6-4-11(2)5-7-12/h8-9,11-13,17H,3-7,10H2,1-2H3,(H,15,16). The maximum absolute atomic E-state index is 4.35. The van der Waals surface area contributed by atoms with Gasteiger partial charge in [0.2, 0.25) is 0 Å². The number of rotatable bonds is 5. The SMILES string of the molecule is CCC(NCC1CCC(C)CC1)c1ncc[nH]1. The number of aromatic amines is 1. The lowest BCUT2D eigenvalue weighted by molar-refractivity contribution is 0.272. The van der Waals surface area contributed by atoms with E-state index >= 15 is 0 Å². The first-order valence-electron chi connectivity index (χ1n) is 7.02. The molecular formula is C14H25N3. The molecule has 2 rings (SSSR count). The van der Waals surface area contributed by atoms with E-state index in [9.17, 15) is 0 Å². The molecule has 3 nitrogen and oxygen atoms in total. The van der Waals surface area contributed by atoms with E-state index in [2.05, 4.69) is 29.1 Å². The van der Waals surface area contributed by atoms with E-state index in [1.807, 2.05) is 12.4 Å². The van der Waals surface area contributed by atoms with Gasteiger partial charge in [0.1, 0.15) is 5.82 Å². The third-order valence-electron chi connectivity index (χ3n) is 4.05. The van der Waals surface area contributed by atoms with Crippen LogP contribution in [0.4, 0.5) is 0 Å². The largest absolute Gasteiger partial charge is 0.347 e. The summed E-state index contributed by atoms with van der Waals surface area (Å²) in [5.41, 5.74) is 0. The van der Waals surface area contributed by atoms with E-state index < -0.39 is 0 Å². The zero-order valence-corrected chi connectivity index (χ0v) is 11.1. The lowest BCUT2D eigenvalue weighted by atomic mass is 9.83. The molecule has 0 aliphatic heterocycles. The molecule has 1 aromatic heterocycles. The zero-order chi connectivity index (χ0) is 12.1. The van der Waals surface area contributed by atoms with Crippen molar-refractivity contribution in [2.24, 2.45) is 11.8 Å². The predicted octanol–water partition coefficient (Wildman–Crippen LogP) is 3.28. The Kier molecular flexibility index (Phi) is 4.60. The number of hydrogen-bond acceptors (Lipinski definition) is 2.